The second kappa shape index (κ2) is 10.9. The van der Waals surface area contributed by atoms with Crippen LogP contribution in [0.2, 0.25) is 0 Å². The average Bonchev–Trinajstić information content (AvgIpc) is 3.66. The number of morpholine rings is 1. The number of hydrogen-bond acceptors (Lipinski definition) is 10. The Bertz CT molecular complexity index is 1400. The Labute approximate surface area is 234 Å². The molecule has 12 nitrogen and oxygen atoms in total. The van der Waals surface area contributed by atoms with E-state index in [2.05, 4.69) is 24.9 Å². The lowest BCUT2D eigenvalue weighted by atomic mass is 9.93. The highest BCUT2D eigenvalue weighted by Crippen LogP contribution is 2.54. The second-order valence-corrected chi connectivity index (χ2v) is 12.7. The molecule has 2 saturated heterocycles. The number of anilines is 4. The van der Waals surface area contributed by atoms with Crippen molar-refractivity contribution in [2.75, 3.05) is 52.6 Å². The van der Waals surface area contributed by atoms with Crippen LogP contribution in [0.4, 0.5) is 23.1 Å². The third-order valence-corrected chi connectivity index (χ3v) is 9.21. The molecule has 2 atom stereocenters. The molecule has 1 aliphatic carbocycles. The molecule has 1 amide bonds. The van der Waals surface area contributed by atoms with Gasteiger partial charge in [0.05, 0.1) is 29.6 Å². The lowest BCUT2D eigenvalue weighted by Gasteiger charge is -2.35. The molecule has 13 heteroatoms. The van der Waals surface area contributed by atoms with Crippen molar-refractivity contribution < 1.29 is 27.9 Å². The summed E-state index contributed by atoms with van der Waals surface area (Å²) in [6.07, 6.45) is 2.80. The number of nitrogens with one attached hydrogen (secondary N) is 2. The van der Waals surface area contributed by atoms with Crippen LogP contribution in [0.25, 0.3) is 0 Å². The number of aromatic nitrogens is 2. The Hall–Kier alpha value is -3.29. The number of piperidine rings is 1. The summed E-state index contributed by atoms with van der Waals surface area (Å²) in [5.41, 5.74) is 2.15. The maximum absolute atomic E-state index is 13.6. The van der Waals surface area contributed by atoms with E-state index in [1.165, 1.54) is 25.0 Å². The Balaban J connectivity index is 1.42. The monoisotopic (exact) mass is 572 g/mol. The Morgan fingerprint density at radius 1 is 1.10 bits per heavy atom. The maximum Gasteiger partial charge on any atom is 0.298 e. The van der Waals surface area contributed by atoms with Crippen molar-refractivity contribution >= 4 is 44.2 Å². The third-order valence-electron chi connectivity index (χ3n) is 7.83. The van der Waals surface area contributed by atoms with Gasteiger partial charge < -0.3 is 25.0 Å². The van der Waals surface area contributed by atoms with E-state index in [4.69, 9.17) is 4.74 Å². The van der Waals surface area contributed by atoms with Gasteiger partial charge in [0.25, 0.3) is 21.0 Å². The Kier molecular flexibility index (Phi) is 7.73. The zero-order chi connectivity index (χ0) is 28.7. The summed E-state index contributed by atoms with van der Waals surface area (Å²) in [6, 6.07) is 6.24. The van der Waals surface area contributed by atoms with Crippen LogP contribution in [0.15, 0.2) is 24.3 Å². The smallest absolute Gasteiger partial charge is 0.298 e. The summed E-state index contributed by atoms with van der Waals surface area (Å²) >= 11 is 0. The van der Waals surface area contributed by atoms with Crippen molar-refractivity contribution in [3.05, 3.63) is 35.5 Å². The van der Waals surface area contributed by atoms with Crippen LogP contribution in [-0.2, 0) is 19.6 Å². The van der Waals surface area contributed by atoms with E-state index in [9.17, 15) is 23.1 Å². The van der Waals surface area contributed by atoms with Crippen molar-refractivity contribution in [3.8, 4) is 0 Å². The minimum Gasteiger partial charge on any atom is -0.384 e. The summed E-state index contributed by atoms with van der Waals surface area (Å²) in [5, 5.41) is 11.1. The number of carbonyl (C=O) groups excluding carboxylic acids is 2. The van der Waals surface area contributed by atoms with Gasteiger partial charge in [0, 0.05) is 37.9 Å². The van der Waals surface area contributed by atoms with Crippen molar-refractivity contribution in [3.63, 3.8) is 0 Å². The molecule has 216 valence electrons. The van der Waals surface area contributed by atoms with Gasteiger partial charge in [-0.2, -0.15) is 13.4 Å². The van der Waals surface area contributed by atoms with E-state index < -0.39 is 27.1 Å². The number of sulfonamides is 1. The van der Waals surface area contributed by atoms with E-state index >= 15 is 0 Å². The molecule has 3 N–H and O–H groups in total. The van der Waals surface area contributed by atoms with Crippen LogP contribution >= 0.6 is 0 Å². The number of benzene rings is 1. The van der Waals surface area contributed by atoms with Crippen molar-refractivity contribution in [1.29, 1.82) is 0 Å². The van der Waals surface area contributed by atoms with Gasteiger partial charge in [-0.15, -0.1) is 0 Å². The third kappa shape index (κ3) is 6.21. The van der Waals surface area contributed by atoms with E-state index in [1.54, 1.807) is 12.1 Å². The predicted molar refractivity (Wildman–Crippen MR) is 151 cm³/mol. The molecule has 2 aliphatic heterocycles. The summed E-state index contributed by atoms with van der Waals surface area (Å²) in [5.74, 6) is 0.486. The number of carbonyl (C=O) groups is 2. The molecular weight excluding hydrogens is 536 g/mol. The van der Waals surface area contributed by atoms with Crippen molar-refractivity contribution in [2.24, 2.45) is 5.41 Å². The van der Waals surface area contributed by atoms with Gasteiger partial charge in [0.1, 0.15) is 11.9 Å². The number of aliphatic hydroxyl groups excluding tert-OH is 1. The Morgan fingerprint density at radius 3 is 2.48 bits per heavy atom. The van der Waals surface area contributed by atoms with Crippen LogP contribution in [0, 0.1) is 12.3 Å². The minimum atomic E-state index is -4.46. The van der Waals surface area contributed by atoms with Crippen LogP contribution in [0.3, 0.4) is 0 Å². The van der Waals surface area contributed by atoms with Crippen LogP contribution in [0.1, 0.15) is 55.6 Å². The number of hydrogen-bond donors (Lipinski definition) is 3. The van der Waals surface area contributed by atoms with Gasteiger partial charge >= 0.3 is 0 Å². The number of aliphatic hydroxyl groups is 1. The van der Waals surface area contributed by atoms with E-state index in [0.29, 0.717) is 53.8 Å². The molecule has 0 radical (unpaired) electrons. The molecule has 1 aromatic heterocycles. The largest absolute Gasteiger partial charge is 0.384 e. The standard InChI is InChI=1S/C27H36N6O6S/c1-17-14-23(30-26(28-17)33-12-13-39-18(2)16-33)29-24(35)21-5-4-20(31-40(37,38)25(36)19(3)34)15-22(21)32-10-8-27(6-7-27)9-11-32/h4-5,14-15,18-19,31,34H,6-13,16H2,1-3H3,(H,28,29,30,35)/t18-,19-/m1/s1. The molecule has 3 heterocycles. The van der Waals surface area contributed by atoms with Gasteiger partial charge in [-0.25, -0.2) is 4.98 Å². The molecule has 2 aromatic rings. The first-order chi connectivity index (χ1) is 18.9. The van der Waals surface area contributed by atoms with Crippen LogP contribution in [-0.4, -0.2) is 79.5 Å². The summed E-state index contributed by atoms with van der Waals surface area (Å²) < 4.78 is 32.8. The first-order valence-electron chi connectivity index (χ1n) is 13.6. The van der Waals surface area contributed by atoms with Gasteiger partial charge in [-0.05, 0) is 70.1 Å². The molecule has 3 fully saturated rings. The highest BCUT2D eigenvalue weighted by atomic mass is 32.2. The zero-order valence-corrected chi connectivity index (χ0v) is 23.8. The number of aryl methyl sites for hydroxylation is 1. The van der Waals surface area contributed by atoms with Crippen LogP contribution in [0.5, 0.6) is 0 Å². The quantitative estimate of drug-likeness (QED) is 0.450. The van der Waals surface area contributed by atoms with E-state index in [0.717, 1.165) is 32.9 Å². The lowest BCUT2D eigenvalue weighted by Crippen LogP contribution is -2.42. The first kappa shape index (κ1) is 28.2. The predicted octanol–water partition coefficient (Wildman–Crippen LogP) is 2.29. The number of rotatable bonds is 7. The molecule has 1 aromatic carbocycles. The van der Waals surface area contributed by atoms with Gasteiger partial charge in [-0.3, -0.25) is 14.3 Å². The normalized spacial score (nSPS) is 21.1. The highest BCUT2D eigenvalue weighted by Gasteiger charge is 2.44. The molecule has 1 saturated carbocycles. The summed E-state index contributed by atoms with van der Waals surface area (Å²) in [6.45, 7) is 8.25. The zero-order valence-electron chi connectivity index (χ0n) is 23.0. The van der Waals surface area contributed by atoms with Gasteiger partial charge in [0.2, 0.25) is 5.95 Å². The SMILES string of the molecule is Cc1cc(NC(=O)c2ccc(NS(=O)(=O)C(=O)[C@@H](C)O)cc2N2CCC3(CC2)CC3)nc(N2CCO[C@H](C)C2)n1. The topological polar surface area (TPSA) is 154 Å². The minimum absolute atomic E-state index is 0.0459. The molecular formula is C27H36N6O6S. The van der Waals surface area contributed by atoms with Crippen molar-refractivity contribution in [1.82, 2.24) is 9.97 Å². The average molecular weight is 573 g/mol. The molecule has 0 bridgehead atoms. The second-order valence-electron chi connectivity index (χ2n) is 11.1. The van der Waals surface area contributed by atoms with Gasteiger partial charge in [-0.1, -0.05) is 0 Å². The maximum atomic E-state index is 13.6. The van der Waals surface area contributed by atoms with Gasteiger partial charge in [0.15, 0.2) is 0 Å². The van der Waals surface area contributed by atoms with E-state index in [1.807, 2.05) is 18.7 Å². The molecule has 5 rings (SSSR count). The molecule has 40 heavy (non-hydrogen) atoms. The summed E-state index contributed by atoms with van der Waals surface area (Å²) in [4.78, 5) is 38.8. The number of nitrogens with zero attached hydrogens (tertiary/aromatic N) is 4. The number of amides is 1. The fourth-order valence-electron chi connectivity index (χ4n) is 5.32. The molecule has 3 aliphatic rings. The molecule has 1 spiro atoms. The fourth-order valence-corrected chi connectivity index (χ4v) is 6.31. The number of ether oxygens (including phenoxy) is 1. The van der Waals surface area contributed by atoms with E-state index in [-0.39, 0.29) is 11.8 Å². The Morgan fingerprint density at radius 2 is 1.82 bits per heavy atom. The van der Waals surface area contributed by atoms with Crippen LogP contribution < -0.4 is 19.8 Å². The lowest BCUT2D eigenvalue weighted by molar-refractivity contribution is -0.118. The molecule has 0 unspecified atom stereocenters. The highest BCUT2D eigenvalue weighted by molar-refractivity contribution is 8.07. The fraction of sp³-hybridized carbons (Fsp3) is 0.556. The summed E-state index contributed by atoms with van der Waals surface area (Å²) in [7, 11) is -4.46. The van der Waals surface area contributed by atoms with Crippen molar-refractivity contribution in [2.45, 2.75) is 58.7 Å². The first-order valence-corrected chi connectivity index (χ1v) is 15.1.